The monoisotopic (exact) mass is 170 g/mol. The second-order valence-electron chi connectivity index (χ2n) is 3.80. The molecule has 0 aliphatic carbocycles. The highest BCUT2D eigenvalue weighted by Crippen LogP contribution is 2.50. The van der Waals surface area contributed by atoms with Crippen LogP contribution in [0.5, 0.6) is 0 Å². The molecular weight excluding hydrogens is 156 g/mol. The Morgan fingerprint density at radius 1 is 1.25 bits per heavy atom. The molecule has 12 heavy (non-hydrogen) atoms. The van der Waals surface area contributed by atoms with Gasteiger partial charge in [0, 0.05) is 6.42 Å². The van der Waals surface area contributed by atoms with Crippen molar-refractivity contribution in [2.24, 2.45) is 0 Å². The van der Waals surface area contributed by atoms with Crippen molar-refractivity contribution in [1.29, 1.82) is 0 Å². The van der Waals surface area contributed by atoms with Crippen LogP contribution in [0, 0.1) is 0 Å². The maximum Gasteiger partial charge on any atom is 0.164 e. The molecular formula is C9H14O3. The van der Waals surface area contributed by atoms with Crippen LogP contribution in [0.25, 0.3) is 0 Å². The van der Waals surface area contributed by atoms with Gasteiger partial charge < -0.3 is 4.74 Å². The van der Waals surface area contributed by atoms with E-state index >= 15 is 0 Å². The molecule has 1 rings (SSSR count). The van der Waals surface area contributed by atoms with Gasteiger partial charge >= 0.3 is 0 Å². The van der Waals surface area contributed by atoms with Crippen LogP contribution in [0.4, 0.5) is 0 Å². The van der Waals surface area contributed by atoms with Crippen LogP contribution >= 0.6 is 0 Å². The summed E-state index contributed by atoms with van der Waals surface area (Å²) in [7, 11) is 0. The summed E-state index contributed by atoms with van der Waals surface area (Å²) in [5.41, 5.74) is -1.27. The maximum atomic E-state index is 11.1. The van der Waals surface area contributed by atoms with Gasteiger partial charge in [0.15, 0.2) is 11.4 Å². The SMILES string of the molecule is CC(=O)CC1(C)OC1(C)C(C)=O. The Kier molecular flexibility index (Phi) is 1.87. The number of hydrogen-bond acceptors (Lipinski definition) is 3. The quantitative estimate of drug-likeness (QED) is 0.596. The molecule has 0 aromatic heterocycles. The second-order valence-corrected chi connectivity index (χ2v) is 3.80. The molecule has 0 aromatic rings. The molecule has 3 nitrogen and oxygen atoms in total. The summed E-state index contributed by atoms with van der Waals surface area (Å²) < 4.78 is 5.29. The van der Waals surface area contributed by atoms with E-state index in [-0.39, 0.29) is 11.6 Å². The summed E-state index contributed by atoms with van der Waals surface area (Å²) in [5.74, 6) is 0.0497. The number of ketones is 2. The average molecular weight is 170 g/mol. The van der Waals surface area contributed by atoms with Crippen molar-refractivity contribution in [2.75, 3.05) is 0 Å². The number of ether oxygens (including phenoxy) is 1. The normalized spacial score (nSPS) is 39.3. The molecule has 0 bridgehead atoms. The van der Waals surface area contributed by atoms with Crippen LogP contribution in [0.15, 0.2) is 0 Å². The summed E-state index contributed by atoms with van der Waals surface area (Å²) in [4.78, 5) is 21.9. The number of Topliss-reactive ketones (excluding diaryl/α,β-unsaturated/α-hetero) is 2. The van der Waals surface area contributed by atoms with Crippen molar-refractivity contribution >= 4 is 11.6 Å². The third-order valence-electron chi connectivity index (χ3n) is 2.65. The molecule has 3 heteroatoms. The van der Waals surface area contributed by atoms with Crippen LogP contribution in [-0.2, 0) is 14.3 Å². The van der Waals surface area contributed by atoms with E-state index in [9.17, 15) is 9.59 Å². The van der Waals surface area contributed by atoms with E-state index in [1.807, 2.05) is 0 Å². The first-order chi connectivity index (χ1) is 5.32. The van der Waals surface area contributed by atoms with Gasteiger partial charge in [0.2, 0.25) is 0 Å². The zero-order chi connectivity index (χ0) is 9.57. The molecule has 1 fully saturated rings. The fraction of sp³-hybridized carbons (Fsp3) is 0.778. The largest absolute Gasteiger partial charge is 0.354 e. The van der Waals surface area contributed by atoms with E-state index < -0.39 is 11.2 Å². The van der Waals surface area contributed by atoms with Crippen molar-refractivity contribution in [3.05, 3.63) is 0 Å². The van der Waals surface area contributed by atoms with E-state index in [0.29, 0.717) is 6.42 Å². The lowest BCUT2D eigenvalue weighted by Gasteiger charge is -2.06. The molecule has 0 saturated carbocycles. The number of epoxide rings is 1. The highest BCUT2D eigenvalue weighted by atomic mass is 16.6. The third kappa shape index (κ3) is 1.18. The molecule has 1 aliphatic heterocycles. The van der Waals surface area contributed by atoms with E-state index in [4.69, 9.17) is 4.74 Å². The molecule has 0 N–H and O–H groups in total. The summed E-state index contributed by atoms with van der Waals surface area (Å²) in [6.45, 7) is 6.53. The van der Waals surface area contributed by atoms with Gasteiger partial charge in [-0.1, -0.05) is 0 Å². The number of carbonyl (C=O) groups is 2. The highest BCUT2D eigenvalue weighted by Gasteiger charge is 2.66. The molecule has 2 atom stereocenters. The van der Waals surface area contributed by atoms with Gasteiger partial charge in [0.25, 0.3) is 0 Å². The van der Waals surface area contributed by atoms with Crippen LogP contribution in [0.1, 0.15) is 34.1 Å². The predicted octanol–water partition coefficient (Wildman–Crippen LogP) is 1.10. The zero-order valence-corrected chi connectivity index (χ0v) is 7.93. The lowest BCUT2D eigenvalue weighted by molar-refractivity contribution is -0.121. The number of rotatable bonds is 3. The van der Waals surface area contributed by atoms with Gasteiger partial charge in [-0.15, -0.1) is 0 Å². The molecule has 1 aliphatic rings. The van der Waals surface area contributed by atoms with Crippen molar-refractivity contribution in [1.82, 2.24) is 0 Å². The maximum absolute atomic E-state index is 11.1. The molecule has 68 valence electrons. The molecule has 0 spiro atoms. The Bertz CT molecular complexity index is 246. The van der Waals surface area contributed by atoms with Crippen LogP contribution in [0.3, 0.4) is 0 Å². The Balaban J connectivity index is 2.70. The van der Waals surface area contributed by atoms with E-state index in [0.717, 1.165) is 0 Å². The van der Waals surface area contributed by atoms with Crippen molar-refractivity contribution in [3.63, 3.8) is 0 Å². The Morgan fingerprint density at radius 2 is 1.75 bits per heavy atom. The Hall–Kier alpha value is -0.700. The standard InChI is InChI=1S/C9H14O3/c1-6(10)5-8(3)9(4,12-8)7(2)11/h5H2,1-4H3. The molecule has 0 aromatic carbocycles. The van der Waals surface area contributed by atoms with Gasteiger partial charge in [-0.3, -0.25) is 9.59 Å². The second kappa shape index (κ2) is 2.39. The summed E-state index contributed by atoms with van der Waals surface area (Å²) in [5, 5.41) is 0. The summed E-state index contributed by atoms with van der Waals surface area (Å²) in [6.07, 6.45) is 0.322. The van der Waals surface area contributed by atoms with Gasteiger partial charge in [0.1, 0.15) is 11.4 Å². The van der Waals surface area contributed by atoms with E-state index in [2.05, 4.69) is 0 Å². The molecule has 2 unspecified atom stereocenters. The smallest absolute Gasteiger partial charge is 0.164 e. The van der Waals surface area contributed by atoms with Crippen molar-refractivity contribution in [2.45, 2.75) is 45.3 Å². The molecule has 0 amide bonds. The average Bonchev–Trinajstić information content (AvgIpc) is 2.33. The Labute approximate surface area is 72.1 Å². The molecule has 0 radical (unpaired) electrons. The first kappa shape index (κ1) is 9.39. The summed E-state index contributed by atoms with van der Waals surface area (Å²) >= 11 is 0. The van der Waals surface area contributed by atoms with Crippen LogP contribution in [0.2, 0.25) is 0 Å². The van der Waals surface area contributed by atoms with Gasteiger partial charge in [-0.05, 0) is 27.7 Å². The highest BCUT2D eigenvalue weighted by molar-refractivity contribution is 5.91. The first-order valence-electron chi connectivity index (χ1n) is 4.02. The first-order valence-corrected chi connectivity index (χ1v) is 4.02. The number of hydrogen-bond donors (Lipinski definition) is 0. The predicted molar refractivity (Wildman–Crippen MR) is 43.9 cm³/mol. The van der Waals surface area contributed by atoms with Crippen LogP contribution in [-0.4, -0.2) is 22.8 Å². The minimum Gasteiger partial charge on any atom is -0.354 e. The van der Waals surface area contributed by atoms with Gasteiger partial charge in [-0.25, -0.2) is 0 Å². The Morgan fingerprint density at radius 3 is 2.00 bits per heavy atom. The minimum absolute atomic E-state index is 0.00810. The molecule has 1 saturated heterocycles. The third-order valence-corrected chi connectivity index (χ3v) is 2.65. The lowest BCUT2D eigenvalue weighted by atomic mass is 9.89. The zero-order valence-electron chi connectivity index (χ0n) is 7.93. The van der Waals surface area contributed by atoms with Crippen molar-refractivity contribution in [3.8, 4) is 0 Å². The fourth-order valence-electron chi connectivity index (χ4n) is 1.55. The topological polar surface area (TPSA) is 46.7 Å². The number of carbonyl (C=O) groups excluding carboxylic acids is 2. The molecule has 1 heterocycles. The van der Waals surface area contributed by atoms with Crippen molar-refractivity contribution < 1.29 is 14.3 Å². The van der Waals surface area contributed by atoms with Gasteiger partial charge in [0.05, 0.1) is 0 Å². The van der Waals surface area contributed by atoms with Crippen LogP contribution < -0.4 is 0 Å². The lowest BCUT2D eigenvalue weighted by Crippen LogP contribution is -2.28. The van der Waals surface area contributed by atoms with E-state index in [1.165, 1.54) is 13.8 Å². The summed E-state index contributed by atoms with van der Waals surface area (Å²) in [6, 6.07) is 0. The fourth-order valence-corrected chi connectivity index (χ4v) is 1.55. The van der Waals surface area contributed by atoms with E-state index in [1.54, 1.807) is 13.8 Å². The minimum atomic E-state index is -0.724. The van der Waals surface area contributed by atoms with Gasteiger partial charge in [-0.2, -0.15) is 0 Å².